The highest BCUT2D eigenvalue weighted by Crippen LogP contribution is 2.12. The molecule has 1 aromatic carbocycles. The fourth-order valence-corrected chi connectivity index (χ4v) is 2.33. The summed E-state index contributed by atoms with van der Waals surface area (Å²) < 4.78 is 0. The van der Waals surface area contributed by atoms with Crippen LogP contribution in [0.25, 0.3) is 0 Å². The number of thioether (sulfide) groups is 1. The average Bonchev–Trinajstić information content (AvgIpc) is 2.36. The van der Waals surface area contributed by atoms with Crippen LogP contribution in [0.2, 0.25) is 0 Å². The average molecular weight is 267 g/mol. The van der Waals surface area contributed by atoms with E-state index in [4.69, 9.17) is 5.11 Å². The van der Waals surface area contributed by atoms with E-state index in [-0.39, 0.29) is 0 Å². The molecule has 0 aliphatic heterocycles. The van der Waals surface area contributed by atoms with Crippen molar-refractivity contribution in [2.75, 3.05) is 19.1 Å². The second kappa shape index (κ2) is 7.44. The number of hydrogen-bond donors (Lipinski definition) is 1. The van der Waals surface area contributed by atoms with Gasteiger partial charge in [-0.1, -0.05) is 12.1 Å². The van der Waals surface area contributed by atoms with Gasteiger partial charge in [-0.25, -0.2) is 4.79 Å². The lowest BCUT2D eigenvalue weighted by molar-refractivity contribution is 0.0696. The first-order chi connectivity index (χ1) is 8.54. The van der Waals surface area contributed by atoms with Gasteiger partial charge in [0.1, 0.15) is 0 Å². The second-order valence-electron chi connectivity index (χ2n) is 4.55. The molecule has 1 rings (SSSR count). The summed E-state index contributed by atoms with van der Waals surface area (Å²) in [6.07, 6.45) is 3.26. The van der Waals surface area contributed by atoms with Gasteiger partial charge < -0.3 is 5.11 Å². The lowest BCUT2D eigenvalue weighted by Crippen LogP contribution is -2.29. The zero-order valence-corrected chi connectivity index (χ0v) is 12.0. The molecule has 1 aromatic rings. The van der Waals surface area contributed by atoms with Crippen molar-refractivity contribution in [2.24, 2.45) is 0 Å². The summed E-state index contributed by atoms with van der Waals surface area (Å²) in [4.78, 5) is 13.2. The molecule has 0 bridgehead atoms. The zero-order chi connectivity index (χ0) is 13.5. The van der Waals surface area contributed by atoms with Crippen molar-refractivity contribution >= 4 is 17.7 Å². The highest BCUT2D eigenvalue weighted by molar-refractivity contribution is 7.98. The molecule has 100 valence electrons. The minimum absolute atomic E-state index is 0.359. The van der Waals surface area contributed by atoms with Gasteiger partial charge in [0.2, 0.25) is 0 Å². The van der Waals surface area contributed by atoms with Crippen LogP contribution in [0.4, 0.5) is 0 Å². The summed E-state index contributed by atoms with van der Waals surface area (Å²) in [7, 11) is 2.08. The number of aromatic carboxylic acids is 1. The molecule has 1 N–H and O–H groups in total. The monoisotopic (exact) mass is 267 g/mol. The molecule has 18 heavy (non-hydrogen) atoms. The number of carbonyl (C=O) groups is 1. The first kappa shape index (κ1) is 15.1. The van der Waals surface area contributed by atoms with Crippen molar-refractivity contribution in [3.8, 4) is 0 Å². The van der Waals surface area contributed by atoms with Crippen LogP contribution in [-0.2, 0) is 6.54 Å². The minimum Gasteiger partial charge on any atom is -0.478 e. The molecule has 1 unspecified atom stereocenters. The fourth-order valence-electron chi connectivity index (χ4n) is 1.76. The maximum Gasteiger partial charge on any atom is 0.335 e. The van der Waals surface area contributed by atoms with Crippen molar-refractivity contribution in [1.82, 2.24) is 4.90 Å². The highest BCUT2D eigenvalue weighted by atomic mass is 32.2. The van der Waals surface area contributed by atoms with Crippen molar-refractivity contribution in [2.45, 2.75) is 25.9 Å². The van der Waals surface area contributed by atoms with Crippen LogP contribution in [0.15, 0.2) is 24.3 Å². The van der Waals surface area contributed by atoms with Gasteiger partial charge in [0, 0.05) is 12.6 Å². The van der Waals surface area contributed by atoms with E-state index >= 15 is 0 Å². The molecule has 3 nitrogen and oxygen atoms in total. The Labute approximate surface area is 113 Å². The smallest absolute Gasteiger partial charge is 0.335 e. The molecule has 0 heterocycles. The third-order valence-corrected chi connectivity index (χ3v) is 3.74. The largest absolute Gasteiger partial charge is 0.478 e. The van der Waals surface area contributed by atoms with Gasteiger partial charge in [-0.15, -0.1) is 0 Å². The second-order valence-corrected chi connectivity index (χ2v) is 5.54. The summed E-state index contributed by atoms with van der Waals surface area (Å²) in [5, 5.41) is 8.95. The first-order valence-electron chi connectivity index (χ1n) is 6.06. The van der Waals surface area contributed by atoms with Crippen LogP contribution in [0, 0.1) is 0 Å². The van der Waals surface area contributed by atoms with Gasteiger partial charge in [-0.2, -0.15) is 11.8 Å². The Morgan fingerprint density at radius 2 is 2.22 bits per heavy atom. The molecule has 0 aliphatic rings. The quantitative estimate of drug-likeness (QED) is 0.824. The Balaban J connectivity index is 2.60. The van der Waals surface area contributed by atoms with E-state index in [0.29, 0.717) is 11.6 Å². The molecule has 0 radical (unpaired) electrons. The maximum atomic E-state index is 10.9. The van der Waals surface area contributed by atoms with E-state index in [1.54, 1.807) is 18.2 Å². The van der Waals surface area contributed by atoms with E-state index in [2.05, 4.69) is 25.1 Å². The van der Waals surface area contributed by atoms with Crippen LogP contribution in [0.5, 0.6) is 0 Å². The number of rotatable bonds is 7. The third-order valence-electron chi connectivity index (χ3n) is 3.10. The minimum atomic E-state index is -0.866. The highest BCUT2D eigenvalue weighted by Gasteiger charge is 2.10. The van der Waals surface area contributed by atoms with Gasteiger partial charge in [-0.05, 0) is 50.1 Å². The van der Waals surface area contributed by atoms with E-state index < -0.39 is 5.97 Å². The Hall–Kier alpha value is -1.00. The first-order valence-corrected chi connectivity index (χ1v) is 7.45. The van der Waals surface area contributed by atoms with Crippen molar-refractivity contribution in [3.63, 3.8) is 0 Å². The van der Waals surface area contributed by atoms with E-state index in [0.717, 1.165) is 24.3 Å². The Bertz CT molecular complexity index is 395. The Morgan fingerprint density at radius 3 is 2.83 bits per heavy atom. The SMILES string of the molecule is CSCCC(C)N(C)Cc1cccc(C(=O)O)c1. The molecule has 0 fully saturated rings. The normalized spacial score (nSPS) is 12.7. The van der Waals surface area contributed by atoms with E-state index in [1.807, 2.05) is 17.8 Å². The van der Waals surface area contributed by atoms with Crippen LogP contribution < -0.4 is 0 Å². The zero-order valence-electron chi connectivity index (χ0n) is 11.2. The molecule has 1 atom stereocenters. The fraction of sp³-hybridized carbons (Fsp3) is 0.500. The third kappa shape index (κ3) is 4.70. The summed E-state index contributed by atoms with van der Waals surface area (Å²) in [5.41, 5.74) is 1.41. The molecular weight excluding hydrogens is 246 g/mol. The molecule has 0 spiro atoms. The van der Waals surface area contributed by atoms with Gasteiger partial charge in [-0.3, -0.25) is 4.90 Å². The summed E-state index contributed by atoms with van der Waals surface area (Å²) in [6, 6.07) is 7.66. The number of nitrogens with zero attached hydrogens (tertiary/aromatic N) is 1. The molecule has 4 heteroatoms. The van der Waals surface area contributed by atoms with Crippen LogP contribution in [-0.4, -0.2) is 41.1 Å². The maximum absolute atomic E-state index is 10.9. The van der Waals surface area contributed by atoms with Gasteiger partial charge in [0.05, 0.1) is 5.56 Å². The molecule has 0 aliphatic carbocycles. The molecular formula is C14H21NO2S. The van der Waals surface area contributed by atoms with Gasteiger partial charge >= 0.3 is 5.97 Å². The number of benzene rings is 1. The lowest BCUT2D eigenvalue weighted by atomic mass is 10.1. The standard InChI is InChI=1S/C14H21NO2S/c1-11(7-8-18-3)15(2)10-12-5-4-6-13(9-12)14(16)17/h4-6,9,11H,7-8,10H2,1-3H3,(H,16,17). The van der Waals surface area contributed by atoms with E-state index in [1.165, 1.54) is 0 Å². The Kier molecular flexibility index (Phi) is 6.22. The van der Waals surface area contributed by atoms with E-state index in [9.17, 15) is 4.79 Å². The summed E-state index contributed by atoms with van der Waals surface area (Å²) in [6.45, 7) is 2.99. The number of hydrogen-bond acceptors (Lipinski definition) is 3. The number of carboxylic acids is 1. The van der Waals surface area contributed by atoms with Crippen LogP contribution in [0.3, 0.4) is 0 Å². The van der Waals surface area contributed by atoms with Gasteiger partial charge in [0.15, 0.2) is 0 Å². The number of carboxylic acid groups (broad SMARTS) is 1. The summed E-state index contributed by atoms with van der Waals surface area (Å²) in [5.74, 6) is 0.288. The predicted octanol–water partition coefficient (Wildman–Crippen LogP) is 2.96. The van der Waals surface area contributed by atoms with Crippen molar-refractivity contribution < 1.29 is 9.90 Å². The molecule has 0 saturated carbocycles. The van der Waals surface area contributed by atoms with Crippen molar-refractivity contribution in [1.29, 1.82) is 0 Å². The molecule has 0 aromatic heterocycles. The Morgan fingerprint density at radius 1 is 1.50 bits per heavy atom. The van der Waals surface area contributed by atoms with Crippen LogP contribution in [0.1, 0.15) is 29.3 Å². The van der Waals surface area contributed by atoms with Crippen molar-refractivity contribution in [3.05, 3.63) is 35.4 Å². The lowest BCUT2D eigenvalue weighted by Gasteiger charge is -2.24. The summed E-state index contributed by atoms with van der Waals surface area (Å²) >= 11 is 1.86. The van der Waals surface area contributed by atoms with Gasteiger partial charge in [0.25, 0.3) is 0 Å². The topological polar surface area (TPSA) is 40.5 Å². The predicted molar refractivity (Wildman–Crippen MR) is 77.3 cm³/mol. The molecule has 0 saturated heterocycles. The molecule has 0 amide bonds. The van der Waals surface area contributed by atoms with Crippen LogP contribution >= 0.6 is 11.8 Å².